The summed E-state index contributed by atoms with van der Waals surface area (Å²) in [5.41, 5.74) is 5.75. The molecule has 2 aliphatic heterocycles. The summed E-state index contributed by atoms with van der Waals surface area (Å²) in [6.45, 7) is 1.91. The van der Waals surface area contributed by atoms with E-state index in [0.29, 0.717) is 22.7 Å². The quantitative estimate of drug-likeness (QED) is 0.732. The summed E-state index contributed by atoms with van der Waals surface area (Å²) in [7, 11) is -7.68. The van der Waals surface area contributed by atoms with Crippen molar-refractivity contribution in [2.45, 2.75) is 31.1 Å². The SMILES string of the molecule is Cc1ccc(N2C(=O)CCS2(=O)=O)cc1S(=O)(=O)N1CCC(C(N)=O)CC1. The van der Waals surface area contributed by atoms with Gasteiger partial charge in [0.2, 0.25) is 31.9 Å². The highest BCUT2D eigenvalue weighted by atomic mass is 32.2. The van der Waals surface area contributed by atoms with Gasteiger partial charge in [-0.2, -0.15) is 4.31 Å². The average Bonchev–Trinajstić information content (AvgIpc) is 2.88. The highest BCUT2D eigenvalue weighted by Crippen LogP contribution is 2.31. The van der Waals surface area contributed by atoms with Crippen molar-refractivity contribution in [3.8, 4) is 0 Å². The number of nitrogens with two attached hydrogens (primary N) is 1. The minimum atomic E-state index is -3.90. The van der Waals surface area contributed by atoms with Crippen LogP contribution in [0.5, 0.6) is 0 Å². The molecule has 2 fully saturated rings. The number of primary amides is 1. The summed E-state index contributed by atoms with van der Waals surface area (Å²) < 4.78 is 52.3. The van der Waals surface area contributed by atoms with Gasteiger partial charge in [0.25, 0.3) is 0 Å². The lowest BCUT2D eigenvalue weighted by Crippen LogP contribution is -2.41. The molecule has 2 N–H and O–H groups in total. The van der Waals surface area contributed by atoms with Crippen LogP contribution < -0.4 is 10.0 Å². The van der Waals surface area contributed by atoms with Crippen LogP contribution in [0.15, 0.2) is 23.1 Å². The summed E-state index contributed by atoms with van der Waals surface area (Å²) in [6, 6.07) is 4.14. The van der Waals surface area contributed by atoms with E-state index in [1.165, 1.54) is 22.5 Å². The van der Waals surface area contributed by atoms with Gasteiger partial charge in [-0.15, -0.1) is 0 Å². The minimum absolute atomic E-state index is 0.0219. The lowest BCUT2D eigenvalue weighted by molar-refractivity contribution is -0.122. The maximum absolute atomic E-state index is 13.1. The molecular weight excluding hydrogens is 394 g/mol. The van der Waals surface area contributed by atoms with Crippen LogP contribution in [0, 0.1) is 12.8 Å². The second-order valence-electron chi connectivity index (χ2n) is 6.75. The third-order valence-electron chi connectivity index (χ3n) is 4.96. The fourth-order valence-electron chi connectivity index (χ4n) is 3.38. The van der Waals surface area contributed by atoms with E-state index in [2.05, 4.69) is 0 Å². The van der Waals surface area contributed by atoms with Gasteiger partial charge in [-0.1, -0.05) is 6.07 Å². The molecule has 0 aliphatic carbocycles. The molecule has 0 spiro atoms. The zero-order valence-corrected chi connectivity index (χ0v) is 16.4. The van der Waals surface area contributed by atoms with Crippen molar-refractivity contribution in [3.05, 3.63) is 23.8 Å². The number of rotatable bonds is 4. The van der Waals surface area contributed by atoms with E-state index in [4.69, 9.17) is 5.73 Å². The first-order valence-electron chi connectivity index (χ1n) is 8.50. The maximum Gasteiger partial charge on any atom is 0.243 e. The number of nitrogens with zero attached hydrogens (tertiary/aromatic N) is 2. The van der Waals surface area contributed by atoms with Gasteiger partial charge in [0, 0.05) is 25.4 Å². The first-order valence-corrected chi connectivity index (χ1v) is 11.5. The van der Waals surface area contributed by atoms with Crippen LogP contribution in [-0.4, -0.2) is 51.8 Å². The van der Waals surface area contributed by atoms with Crippen LogP contribution in [0.2, 0.25) is 0 Å². The Labute approximate surface area is 158 Å². The monoisotopic (exact) mass is 415 g/mol. The molecule has 11 heteroatoms. The number of piperidine rings is 1. The molecule has 0 bridgehead atoms. The van der Waals surface area contributed by atoms with E-state index in [1.807, 2.05) is 0 Å². The highest BCUT2D eigenvalue weighted by molar-refractivity contribution is 7.94. The summed E-state index contributed by atoms with van der Waals surface area (Å²) in [5.74, 6) is -1.66. The van der Waals surface area contributed by atoms with Gasteiger partial charge in [0.1, 0.15) is 0 Å². The van der Waals surface area contributed by atoms with E-state index < -0.39 is 31.9 Å². The van der Waals surface area contributed by atoms with Crippen molar-refractivity contribution >= 4 is 37.5 Å². The van der Waals surface area contributed by atoms with Crippen LogP contribution in [0.3, 0.4) is 0 Å². The Morgan fingerprint density at radius 2 is 1.85 bits per heavy atom. The number of benzene rings is 1. The van der Waals surface area contributed by atoms with E-state index in [1.54, 1.807) is 6.92 Å². The Balaban J connectivity index is 1.95. The summed E-state index contributed by atoms with van der Waals surface area (Å²) >= 11 is 0. The number of carbonyl (C=O) groups is 2. The molecule has 0 saturated carbocycles. The van der Waals surface area contributed by atoms with Crippen molar-refractivity contribution in [3.63, 3.8) is 0 Å². The zero-order chi connectivity index (χ0) is 20.0. The lowest BCUT2D eigenvalue weighted by atomic mass is 9.98. The van der Waals surface area contributed by atoms with Crippen molar-refractivity contribution < 1.29 is 26.4 Å². The molecule has 0 unspecified atom stereocenters. The highest BCUT2D eigenvalue weighted by Gasteiger charge is 2.38. The second kappa shape index (κ2) is 6.88. The fourth-order valence-corrected chi connectivity index (χ4v) is 6.55. The van der Waals surface area contributed by atoms with E-state index in [0.717, 1.165) is 0 Å². The van der Waals surface area contributed by atoms with Crippen molar-refractivity contribution in [2.75, 3.05) is 23.1 Å². The Morgan fingerprint density at radius 1 is 1.22 bits per heavy atom. The van der Waals surface area contributed by atoms with Crippen LogP contribution in [0.25, 0.3) is 0 Å². The molecule has 1 aromatic carbocycles. The maximum atomic E-state index is 13.1. The van der Waals surface area contributed by atoms with Crippen molar-refractivity contribution in [1.82, 2.24) is 4.31 Å². The number of aryl methyl sites for hydroxylation is 1. The van der Waals surface area contributed by atoms with Crippen LogP contribution in [0.1, 0.15) is 24.8 Å². The number of amides is 2. The van der Waals surface area contributed by atoms with Crippen molar-refractivity contribution in [2.24, 2.45) is 11.7 Å². The van der Waals surface area contributed by atoms with E-state index >= 15 is 0 Å². The summed E-state index contributed by atoms with van der Waals surface area (Å²) in [5, 5.41) is 0. The number of carbonyl (C=O) groups excluding carboxylic acids is 2. The van der Waals surface area contributed by atoms with Gasteiger partial charge in [-0.05, 0) is 37.5 Å². The van der Waals surface area contributed by atoms with Gasteiger partial charge < -0.3 is 5.73 Å². The molecule has 2 amide bonds. The van der Waals surface area contributed by atoms with Gasteiger partial charge in [-0.3, -0.25) is 9.59 Å². The first-order chi connectivity index (χ1) is 12.5. The Bertz CT molecular complexity index is 995. The van der Waals surface area contributed by atoms with E-state index in [-0.39, 0.29) is 41.8 Å². The minimum Gasteiger partial charge on any atom is -0.369 e. The predicted molar refractivity (Wildman–Crippen MR) is 97.7 cm³/mol. The number of sulfonamides is 2. The Kier molecular flexibility index (Phi) is 5.04. The topological polar surface area (TPSA) is 135 Å². The second-order valence-corrected chi connectivity index (χ2v) is 10.6. The summed E-state index contributed by atoms with van der Waals surface area (Å²) in [6.07, 6.45) is 0.553. The fraction of sp³-hybridized carbons (Fsp3) is 0.500. The Morgan fingerprint density at radius 3 is 2.37 bits per heavy atom. The van der Waals surface area contributed by atoms with Gasteiger partial charge in [-0.25, -0.2) is 21.1 Å². The first kappa shape index (κ1) is 19.8. The molecule has 2 heterocycles. The molecule has 1 aromatic rings. The van der Waals surface area contributed by atoms with Gasteiger partial charge in [0.15, 0.2) is 0 Å². The Hall–Kier alpha value is -1.98. The molecule has 0 radical (unpaired) electrons. The van der Waals surface area contributed by atoms with Crippen LogP contribution in [0.4, 0.5) is 5.69 Å². The standard InChI is InChI=1S/C16H21N3O6S2/c1-11-2-3-13(19-15(20)6-9-26(19,22)23)10-14(11)27(24,25)18-7-4-12(5-8-18)16(17)21/h2-3,10,12H,4-9H2,1H3,(H2,17,21). The molecule has 2 aliphatic rings. The molecule has 148 valence electrons. The smallest absolute Gasteiger partial charge is 0.243 e. The van der Waals surface area contributed by atoms with Gasteiger partial charge in [0.05, 0.1) is 16.3 Å². The molecule has 2 saturated heterocycles. The number of hydrogen-bond acceptors (Lipinski definition) is 6. The predicted octanol–water partition coefficient (Wildman–Crippen LogP) is -0.0525. The number of hydrogen-bond donors (Lipinski definition) is 1. The summed E-state index contributed by atoms with van der Waals surface area (Å²) in [4.78, 5) is 23.2. The largest absolute Gasteiger partial charge is 0.369 e. The van der Waals surface area contributed by atoms with Gasteiger partial charge >= 0.3 is 0 Å². The molecule has 27 heavy (non-hydrogen) atoms. The molecule has 0 aromatic heterocycles. The third-order valence-corrected chi connectivity index (χ3v) is 8.69. The van der Waals surface area contributed by atoms with Crippen LogP contribution >= 0.6 is 0 Å². The lowest BCUT2D eigenvalue weighted by Gasteiger charge is -2.30. The molecular formula is C16H21N3O6S2. The molecule has 9 nitrogen and oxygen atoms in total. The average molecular weight is 415 g/mol. The zero-order valence-electron chi connectivity index (χ0n) is 14.8. The third kappa shape index (κ3) is 3.58. The molecule has 3 rings (SSSR count). The van der Waals surface area contributed by atoms with Crippen molar-refractivity contribution in [1.29, 1.82) is 0 Å². The molecule has 0 atom stereocenters. The van der Waals surface area contributed by atoms with Crippen LogP contribution in [-0.2, 0) is 29.6 Å². The number of anilines is 1. The van der Waals surface area contributed by atoms with E-state index in [9.17, 15) is 26.4 Å². The normalized spacial score (nSPS) is 21.5.